The van der Waals surface area contributed by atoms with Crippen LogP contribution < -0.4 is 10.6 Å². The molecule has 1 heterocycles. The van der Waals surface area contributed by atoms with Crippen LogP contribution in [-0.2, 0) is 4.79 Å². The van der Waals surface area contributed by atoms with E-state index in [9.17, 15) is 9.59 Å². The van der Waals surface area contributed by atoms with Gasteiger partial charge in [-0.25, -0.2) is 0 Å². The highest BCUT2D eigenvalue weighted by Gasteiger charge is 2.29. The Morgan fingerprint density at radius 1 is 1.17 bits per heavy atom. The molecule has 4 nitrogen and oxygen atoms in total. The van der Waals surface area contributed by atoms with Gasteiger partial charge in [0.25, 0.3) is 5.91 Å². The van der Waals surface area contributed by atoms with Crippen LogP contribution in [0.3, 0.4) is 0 Å². The minimum atomic E-state index is -0.0929. The predicted molar refractivity (Wildman–Crippen MR) is 92.9 cm³/mol. The molecule has 0 aliphatic heterocycles. The van der Waals surface area contributed by atoms with Gasteiger partial charge in [-0.05, 0) is 36.5 Å². The van der Waals surface area contributed by atoms with Gasteiger partial charge in [0, 0.05) is 12.5 Å². The van der Waals surface area contributed by atoms with Crippen molar-refractivity contribution >= 4 is 28.2 Å². The second-order valence-electron chi connectivity index (χ2n) is 5.95. The molecule has 1 unspecified atom stereocenters. The van der Waals surface area contributed by atoms with E-state index in [0.717, 1.165) is 17.8 Å². The fraction of sp³-hybridized carbons (Fsp3) is 0.333. The maximum atomic E-state index is 12.2. The smallest absolute Gasteiger partial charge is 0.261 e. The molecule has 2 N–H and O–H groups in total. The third kappa shape index (κ3) is 4.20. The third-order valence-electron chi connectivity index (χ3n) is 3.96. The van der Waals surface area contributed by atoms with Crippen LogP contribution in [0.4, 0.5) is 5.00 Å². The quantitative estimate of drug-likeness (QED) is 0.851. The summed E-state index contributed by atoms with van der Waals surface area (Å²) in [6.07, 6.45) is 1.95. The first-order valence-electron chi connectivity index (χ1n) is 7.87. The van der Waals surface area contributed by atoms with Crippen LogP contribution >= 0.6 is 11.3 Å². The maximum absolute atomic E-state index is 12.2. The predicted octanol–water partition coefficient (Wildman–Crippen LogP) is 3.63. The van der Waals surface area contributed by atoms with E-state index in [4.69, 9.17) is 0 Å². The number of thiophene rings is 1. The van der Waals surface area contributed by atoms with Crippen LogP contribution in [0.25, 0.3) is 0 Å². The van der Waals surface area contributed by atoms with E-state index >= 15 is 0 Å². The lowest BCUT2D eigenvalue weighted by Crippen LogP contribution is -2.26. The second kappa shape index (κ2) is 6.96. The minimum absolute atomic E-state index is 0.0662. The Hall–Kier alpha value is -2.14. The van der Waals surface area contributed by atoms with Crippen molar-refractivity contribution in [1.29, 1.82) is 0 Å². The molecule has 2 aromatic rings. The number of rotatable bonds is 6. The van der Waals surface area contributed by atoms with Gasteiger partial charge < -0.3 is 10.6 Å². The van der Waals surface area contributed by atoms with Gasteiger partial charge in [-0.1, -0.05) is 37.3 Å². The molecule has 3 rings (SSSR count). The zero-order valence-electron chi connectivity index (χ0n) is 13.0. The van der Waals surface area contributed by atoms with Crippen molar-refractivity contribution in [3.8, 4) is 0 Å². The molecule has 1 fully saturated rings. The summed E-state index contributed by atoms with van der Waals surface area (Å²) in [5.74, 6) is 0.400. The van der Waals surface area contributed by atoms with Crippen molar-refractivity contribution in [3.05, 3.63) is 52.9 Å². The van der Waals surface area contributed by atoms with E-state index in [1.807, 2.05) is 18.2 Å². The molecule has 0 bridgehead atoms. The lowest BCUT2D eigenvalue weighted by Gasteiger charge is -2.12. The first-order chi connectivity index (χ1) is 11.1. The normalized spacial score (nSPS) is 15.0. The van der Waals surface area contributed by atoms with Gasteiger partial charge in [0.05, 0.1) is 9.88 Å². The highest BCUT2D eigenvalue weighted by Crippen LogP contribution is 2.31. The van der Waals surface area contributed by atoms with E-state index < -0.39 is 0 Å². The Balaban J connectivity index is 1.52. The van der Waals surface area contributed by atoms with Gasteiger partial charge in [0.1, 0.15) is 0 Å². The molecular weight excluding hydrogens is 308 g/mol. The summed E-state index contributed by atoms with van der Waals surface area (Å²) in [5, 5.41) is 6.57. The fourth-order valence-electron chi connectivity index (χ4n) is 2.33. The van der Waals surface area contributed by atoms with Gasteiger partial charge in [-0.3, -0.25) is 9.59 Å². The Morgan fingerprint density at radius 3 is 2.61 bits per heavy atom. The van der Waals surface area contributed by atoms with E-state index in [1.54, 1.807) is 12.1 Å². The maximum Gasteiger partial charge on any atom is 0.261 e. The lowest BCUT2D eigenvalue weighted by atomic mass is 10.0. The Morgan fingerprint density at radius 2 is 1.91 bits per heavy atom. The molecule has 1 aromatic heterocycles. The molecule has 23 heavy (non-hydrogen) atoms. The zero-order valence-corrected chi connectivity index (χ0v) is 13.9. The summed E-state index contributed by atoms with van der Waals surface area (Å²) in [5.41, 5.74) is 1.20. The number of nitrogens with one attached hydrogen (secondary N) is 2. The minimum Gasteiger partial charge on any atom is -0.351 e. The van der Waals surface area contributed by atoms with E-state index in [-0.39, 0.29) is 23.7 Å². The van der Waals surface area contributed by atoms with Gasteiger partial charge in [0.2, 0.25) is 5.91 Å². The summed E-state index contributed by atoms with van der Waals surface area (Å²) in [6, 6.07) is 13.7. The average Bonchev–Trinajstić information content (AvgIpc) is 3.33. The van der Waals surface area contributed by atoms with Crippen LogP contribution in [0.1, 0.15) is 40.9 Å². The van der Waals surface area contributed by atoms with Crippen molar-refractivity contribution in [1.82, 2.24) is 5.32 Å². The van der Waals surface area contributed by atoms with Crippen LogP contribution in [0.5, 0.6) is 0 Å². The topological polar surface area (TPSA) is 58.2 Å². The number of hydrogen-bond donors (Lipinski definition) is 2. The van der Waals surface area contributed by atoms with Crippen molar-refractivity contribution in [3.63, 3.8) is 0 Å². The molecule has 2 amide bonds. The van der Waals surface area contributed by atoms with Gasteiger partial charge in [0.15, 0.2) is 0 Å². The third-order valence-corrected chi connectivity index (χ3v) is 4.96. The van der Waals surface area contributed by atoms with E-state index in [1.165, 1.54) is 16.9 Å². The van der Waals surface area contributed by atoms with Gasteiger partial charge in [-0.2, -0.15) is 0 Å². The van der Waals surface area contributed by atoms with Crippen molar-refractivity contribution in [2.24, 2.45) is 5.92 Å². The number of carbonyl (C=O) groups excluding carboxylic acids is 2. The van der Waals surface area contributed by atoms with E-state index in [0.29, 0.717) is 11.4 Å². The SMILES string of the molecule is CC(CNC(=O)c1ccc(NC(=O)C2CC2)s1)c1ccccc1. The Labute approximate surface area is 139 Å². The highest BCUT2D eigenvalue weighted by atomic mass is 32.1. The Bertz CT molecular complexity index is 692. The standard InChI is InChI=1S/C18H20N2O2S/c1-12(13-5-3-2-4-6-13)11-19-18(22)15-9-10-16(23-15)20-17(21)14-7-8-14/h2-6,9-10,12,14H,7-8,11H2,1H3,(H,19,22)(H,20,21). The zero-order chi connectivity index (χ0) is 16.2. The van der Waals surface area contributed by atoms with Crippen molar-refractivity contribution in [2.75, 3.05) is 11.9 Å². The van der Waals surface area contributed by atoms with Crippen molar-refractivity contribution < 1.29 is 9.59 Å². The molecule has 120 valence electrons. The molecule has 0 spiro atoms. The first kappa shape index (κ1) is 15.7. The molecule has 1 aliphatic carbocycles. The lowest BCUT2D eigenvalue weighted by molar-refractivity contribution is -0.117. The van der Waals surface area contributed by atoms with Crippen molar-refractivity contribution in [2.45, 2.75) is 25.7 Å². The monoisotopic (exact) mass is 328 g/mol. The highest BCUT2D eigenvalue weighted by molar-refractivity contribution is 7.18. The number of benzene rings is 1. The van der Waals surface area contributed by atoms with Gasteiger partial charge in [-0.15, -0.1) is 11.3 Å². The average molecular weight is 328 g/mol. The number of carbonyl (C=O) groups is 2. The summed E-state index contributed by atoms with van der Waals surface area (Å²) in [6.45, 7) is 2.68. The first-order valence-corrected chi connectivity index (χ1v) is 8.69. The second-order valence-corrected chi connectivity index (χ2v) is 7.03. The van der Waals surface area contributed by atoms with Crippen LogP contribution in [-0.4, -0.2) is 18.4 Å². The molecule has 5 heteroatoms. The largest absolute Gasteiger partial charge is 0.351 e. The van der Waals surface area contributed by atoms with Crippen LogP contribution in [0.2, 0.25) is 0 Å². The molecule has 0 saturated heterocycles. The molecule has 0 radical (unpaired) electrons. The molecule has 1 atom stereocenters. The van der Waals surface area contributed by atoms with Gasteiger partial charge >= 0.3 is 0 Å². The number of amides is 2. The van der Waals surface area contributed by atoms with Crippen LogP contribution in [0, 0.1) is 5.92 Å². The summed E-state index contributed by atoms with van der Waals surface area (Å²) >= 11 is 1.32. The number of anilines is 1. The molecule has 1 aliphatic rings. The molecular formula is C18H20N2O2S. The van der Waals surface area contributed by atoms with Crippen LogP contribution in [0.15, 0.2) is 42.5 Å². The fourth-order valence-corrected chi connectivity index (χ4v) is 3.15. The summed E-state index contributed by atoms with van der Waals surface area (Å²) in [4.78, 5) is 24.6. The summed E-state index contributed by atoms with van der Waals surface area (Å²) in [7, 11) is 0. The summed E-state index contributed by atoms with van der Waals surface area (Å²) < 4.78 is 0. The number of hydrogen-bond acceptors (Lipinski definition) is 3. The molecule has 1 aromatic carbocycles. The van der Waals surface area contributed by atoms with E-state index in [2.05, 4.69) is 29.7 Å². The molecule has 1 saturated carbocycles. The Kier molecular flexibility index (Phi) is 4.76.